The molecule has 5 nitrogen and oxygen atoms in total. The average Bonchev–Trinajstić information content (AvgIpc) is 2.61. The fraction of sp³-hybridized carbons (Fsp3) is 0.316. The van der Waals surface area contributed by atoms with Gasteiger partial charge in [-0.15, -0.1) is 0 Å². The molecule has 0 aromatic heterocycles. The van der Waals surface area contributed by atoms with E-state index in [-0.39, 0.29) is 5.91 Å². The van der Waals surface area contributed by atoms with Gasteiger partial charge in [0.2, 0.25) is 15.9 Å². The predicted octanol–water partition coefficient (Wildman–Crippen LogP) is 3.08. The number of rotatable bonds is 4. The van der Waals surface area contributed by atoms with Crippen LogP contribution in [-0.4, -0.2) is 38.1 Å². The molecular formula is C19H21ClN2O3S. The number of carbonyl (C=O) groups is 1. The second-order valence-corrected chi connectivity index (χ2v) is 8.79. The third kappa shape index (κ3) is 3.86. The molecule has 1 aliphatic heterocycles. The van der Waals surface area contributed by atoms with Gasteiger partial charge in [-0.2, -0.15) is 0 Å². The molecule has 0 spiro atoms. The number of halogens is 1. The number of amides is 1. The molecule has 0 unspecified atom stereocenters. The SMILES string of the molecule is C[C@H](C(=O)N1CCc2ccccc2C1)N(c1ccc(Cl)cc1)S(C)(=O)=O. The van der Waals surface area contributed by atoms with Crippen molar-refractivity contribution in [2.45, 2.75) is 25.9 Å². The van der Waals surface area contributed by atoms with Crippen molar-refractivity contribution >= 4 is 33.2 Å². The molecule has 1 amide bonds. The monoisotopic (exact) mass is 392 g/mol. The molecule has 1 heterocycles. The molecule has 1 aliphatic rings. The Morgan fingerprint density at radius 1 is 1.12 bits per heavy atom. The van der Waals surface area contributed by atoms with Crippen molar-refractivity contribution in [2.75, 3.05) is 17.1 Å². The standard InChI is InChI=1S/C19H21ClN2O3S/c1-14(22(26(2,24)25)18-9-7-17(20)8-10-18)19(23)21-12-11-15-5-3-4-6-16(15)13-21/h3-10,14H,11-13H2,1-2H3/t14-/m1/s1. The first-order valence-corrected chi connectivity index (χ1v) is 10.6. The molecule has 2 aromatic carbocycles. The molecule has 0 bridgehead atoms. The summed E-state index contributed by atoms with van der Waals surface area (Å²) < 4.78 is 25.9. The second-order valence-electron chi connectivity index (χ2n) is 6.49. The summed E-state index contributed by atoms with van der Waals surface area (Å²) in [6.45, 7) is 2.70. The quantitative estimate of drug-likeness (QED) is 0.803. The fourth-order valence-electron chi connectivity index (χ4n) is 3.34. The highest BCUT2D eigenvalue weighted by Gasteiger charge is 2.33. The molecule has 0 N–H and O–H groups in total. The normalized spacial score (nSPS) is 15.3. The molecule has 2 aromatic rings. The van der Waals surface area contributed by atoms with Crippen molar-refractivity contribution in [2.24, 2.45) is 0 Å². The zero-order valence-corrected chi connectivity index (χ0v) is 16.3. The molecule has 0 saturated carbocycles. The van der Waals surface area contributed by atoms with Crippen LogP contribution in [0.1, 0.15) is 18.1 Å². The van der Waals surface area contributed by atoms with Crippen LogP contribution in [0, 0.1) is 0 Å². The Kier molecular flexibility index (Phi) is 5.25. The minimum Gasteiger partial charge on any atom is -0.336 e. The maximum absolute atomic E-state index is 13.0. The van der Waals surface area contributed by atoms with E-state index in [0.29, 0.717) is 23.8 Å². The van der Waals surface area contributed by atoms with E-state index in [1.165, 1.54) is 5.56 Å². The minimum absolute atomic E-state index is 0.208. The topological polar surface area (TPSA) is 57.7 Å². The average molecular weight is 393 g/mol. The third-order valence-electron chi connectivity index (χ3n) is 4.59. The Labute approximate surface area is 159 Å². The second kappa shape index (κ2) is 7.29. The van der Waals surface area contributed by atoms with Gasteiger partial charge >= 0.3 is 0 Å². The Bertz CT molecular complexity index is 913. The lowest BCUT2D eigenvalue weighted by Gasteiger charge is -2.35. The molecule has 3 rings (SSSR count). The van der Waals surface area contributed by atoms with Crippen LogP contribution < -0.4 is 4.31 Å². The zero-order valence-electron chi connectivity index (χ0n) is 14.7. The Morgan fingerprint density at radius 2 is 1.73 bits per heavy atom. The molecular weight excluding hydrogens is 372 g/mol. The van der Waals surface area contributed by atoms with Crippen LogP contribution in [-0.2, 0) is 27.8 Å². The number of carbonyl (C=O) groups excluding carboxylic acids is 1. The Morgan fingerprint density at radius 3 is 2.35 bits per heavy atom. The molecule has 0 fully saturated rings. The van der Waals surface area contributed by atoms with Gasteiger partial charge in [-0.3, -0.25) is 9.10 Å². The number of nitrogens with zero attached hydrogens (tertiary/aromatic N) is 2. The lowest BCUT2D eigenvalue weighted by atomic mass is 9.99. The third-order valence-corrected chi connectivity index (χ3v) is 6.08. The summed E-state index contributed by atoms with van der Waals surface area (Å²) in [6, 6.07) is 13.6. The van der Waals surface area contributed by atoms with Crippen molar-refractivity contribution in [3.05, 3.63) is 64.7 Å². The number of anilines is 1. The van der Waals surface area contributed by atoms with Crippen LogP contribution >= 0.6 is 11.6 Å². The summed E-state index contributed by atoms with van der Waals surface area (Å²) in [4.78, 5) is 14.8. The van der Waals surface area contributed by atoms with Gasteiger partial charge in [0.1, 0.15) is 6.04 Å². The van der Waals surface area contributed by atoms with Crippen molar-refractivity contribution in [1.82, 2.24) is 4.90 Å². The van der Waals surface area contributed by atoms with Gasteiger partial charge in [0.05, 0.1) is 11.9 Å². The van der Waals surface area contributed by atoms with Crippen LogP contribution in [0.5, 0.6) is 0 Å². The van der Waals surface area contributed by atoms with E-state index in [1.807, 2.05) is 18.2 Å². The Hall–Kier alpha value is -2.05. The van der Waals surface area contributed by atoms with E-state index in [9.17, 15) is 13.2 Å². The van der Waals surface area contributed by atoms with E-state index in [0.717, 1.165) is 22.5 Å². The first-order valence-electron chi connectivity index (χ1n) is 8.38. The summed E-state index contributed by atoms with van der Waals surface area (Å²) in [5.41, 5.74) is 2.77. The number of hydrogen-bond donors (Lipinski definition) is 0. The fourth-order valence-corrected chi connectivity index (χ4v) is 4.63. The van der Waals surface area contributed by atoms with Gasteiger partial charge in [-0.1, -0.05) is 35.9 Å². The van der Waals surface area contributed by atoms with E-state index in [1.54, 1.807) is 36.1 Å². The van der Waals surface area contributed by atoms with E-state index < -0.39 is 16.1 Å². The smallest absolute Gasteiger partial charge is 0.246 e. The highest BCUT2D eigenvalue weighted by atomic mass is 35.5. The van der Waals surface area contributed by atoms with Gasteiger partial charge in [0.15, 0.2) is 0 Å². The van der Waals surface area contributed by atoms with E-state index in [4.69, 9.17) is 11.6 Å². The van der Waals surface area contributed by atoms with Gasteiger partial charge in [0, 0.05) is 18.1 Å². The Balaban J connectivity index is 1.86. The lowest BCUT2D eigenvalue weighted by Crippen LogP contribution is -2.50. The molecule has 26 heavy (non-hydrogen) atoms. The minimum atomic E-state index is -3.63. The summed E-state index contributed by atoms with van der Waals surface area (Å²) in [5.74, 6) is -0.208. The van der Waals surface area contributed by atoms with Crippen molar-refractivity contribution in [3.8, 4) is 0 Å². The lowest BCUT2D eigenvalue weighted by molar-refractivity contribution is -0.132. The predicted molar refractivity (Wildman–Crippen MR) is 104 cm³/mol. The highest BCUT2D eigenvalue weighted by Crippen LogP contribution is 2.25. The summed E-state index contributed by atoms with van der Waals surface area (Å²) in [5, 5.41) is 0.508. The summed E-state index contributed by atoms with van der Waals surface area (Å²) >= 11 is 5.90. The van der Waals surface area contributed by atoms with Crippen LogP contribution in [0.15, 0.2) is 48.5 Å². The largest absolute Gasteiger partial charge is 0.336 e. The number of benzene rings is 2. The van der Waals surface area contributed by atoms with Crippen molar-refractivity contribution in [1.29, 1.82) is 0 Å². The number of sulfonamides is 1. The number of fused-ring (bicyclic) bond motifs is 1. The van der Waals surface area contributed by atoms with Crippen LogP contribution in [0.2, 0.25) is 5.02 Å². The van der Waals surface area contributed by atoms with Crippen LogP contribution in [0.4, 0.5) is 5.69 Å². The van der Waals surface area contributed by atoms with Gasteiger partial charge in [0.25, 0.3) is 0 Å². The maximum Gasteiger partial charge on any atom is 0.246 e. The van der Waals surface area contributed by atoms with Crippen LogP contribution in [0.25, 0.3) is 0 Å². The van der Waals surface area contributed by atoms with E-state index >= 15 is 0 Å². The molecule has 0 aliphatic carbocycles. The molecule has 7 heteroatoms. The summed E-state index contributed by atoms with van der Waals surface area (Å²) in [6.07, 6.45) is 1.88. The maximum atomic E-state index is 13.0. The van der Waals surface area contributed by atoms with Crippen LogP contribution in [0.3, 0.4) is 0 Å². The van der Waals surface area contributed by atoms with Gasteiger partial charge in [-0.05, 0) is 48.7 Å². The molecule has 138 valence electrons. The summed E-state index contributed by atoms with van der Waals surface area (Å²) in [7, 11) is -3.63. The molecule has 0 saturated heterocycles. The first kappa shape index (κ1) is 18.7. The van der Waals surface area contributed by atoms with Gasteiger partial charge in [-0.25, -0.2) is 8.42 Å². The number of hydrogen-bond acceptors (Lipinski definition) is 3. The van der Waals surface area contributed by atoms with Crippen molar-refractivity contribution < 1.29 is 13.2 Å². The zero-order chi connectivity index (χ0) is 18.9. The highest BCUT2D eigenvalue weighted by molar-refractivity contribution is 7.92. The molecule has 0 radical (unpaired) electrons. The first-order chi connectivity index (χ1) is 12.3. The molecule has 1 atom stereocenters. The van der Waals surface area contributed by atoms with Gasteiger partial charge < -0.3 is 4.90 Å². The van der Waals surface area contributed by atoms with Crippen molar-refractivity contribution in [3.63, 3.8) is 0 Å². The van der Waals surface area contributed by atoms with E-state index in [2.05, 4.69) is 6.07 Å².